The molecule has 1 fully saturated rings. The molecule has 6 nitrogen and oxygen atoms in total. The molecule has 0 bridgehead atoms. The summed E-state index contributed by atoms with van der Waals surface area (Å²) in [7, 11) is 3.99. The van der Waals surface area contributed by atoms with Crippen LogP contribution in [0.2, 0.25) is 0 Å². The third-order valence-electron chi connectivity index (χ3n) is 3.52. The number of nitrogens with two attached hydrogens (primary N) is 1. The monoisotopic (exact) mass is 246 g/mol. The maximum atomic E-state index is 6.06. The van der Waals surface area contributed by atoms with Crippen LogP contribution in [-0.2, 0) is 7.05 Å². The molecule has 96 valence electrons. The first kappa shape index (κ1) is 11.6. The van der Waals surface area contributed by atoms with Gasteiger partial charge in [-0.1, -0.05) is 0 Å². The van der Waals surface area contributed by atoms with Crippen LogP contribution in [0.4, 0.5) is 0 Å². The average molecular weight is 246 g/mol. The van der Waals surface area contributed by atoms with Crippen LogP contribution in [0.3, 0.4) is 0 Å². The van der Waals surface area contributed by atoms with E-state index in [0.29, 0.717) is 5.92 Å². The Morgan fingerprint density at radius 1 is 1.28 bits per heavy atom. The number of rotatable bonds is 1. The van der Waals surface area contributed by atoms with Crippen LogP contribution in [0.1, 0.15) is 18.2 Å². The van der Waals surface area contributed by atoms with Gasteiger partial charge in [0.05, 0.1) is 11.6 Å². The second-order valence-electron chi connectivity index (χ2n) is 5.19. The minimum Gasteiger partial charge on any atom is -0.327 e. The average Bonchev–Trinajstić information content (AvgIpc) is 2.69. The number of hydrogen-bond acceptors (Lipinski definition) is 5. The Labute approximate surface area is 106 Å². The van der Waals surface area contributed by atoms with Crippen molar-refractivity contribution in [3.8, 4) is 0 Å². The molecule has 0 aromatic carbocycles. The van der Waals surface area contributed by atoms with E-state index in [1.54, 1.807) is 10.9 Å². The maximum Gasteiger partial charge on any atom is 0.161 e. The molecule has 0 spiro atoms. The molecule has 18 heavy (non-hydrogen) atoms. The molecule has 0 aliphatic carbocycles. The predicted molar refractivity (Wildman–Crippen MR) is 69.1 cm³/mol. The summed E-state index contributed by atoms with van der Waals surface area (Å²) in [4.78, 5) is 11.3. The molecule has 2 aromatic rings. The number of aryl methyl sites for hydroxylation is 1. The highest BCUT2D eigenvalue weighted by molar-refractivity contribution is 5.73. The van der Waals surface area contributed by atoms with Crippen LogP contribution in [0.25, 0.3) is 11.0 Å². The first-order valence-corrected chi connectivity index (χ1v) is 6.22. The normalized spacial score (nSPS) is 25.7. The fourth-order valence-electron chi connectivity index (χ4n) is 2.70. The molecular weight excluding hydrogens is 228 g/mol. The first-order valence-electron chi connectivity index (χ1n) is 6.22. The Balaban J connectivity index is 1.95. The largest absolute Gasteiger partial charge is 0.327 e. The Bertz CT molecular complexity index is 553. The Morgan fingerprint density at radius 2 is 2.11 bits per heavy atom. The van der Waals surface area contributed by atoms with Crippen LogP contribution in [0.15, 0.2) is 12.4 Å². The Hall–Kier alpha value is -1.53. The SMILES string of the molecule is CN1CC(N)CC(c2ncc3cnn(C)c3n2)C1. The number of nitrogens with zero attached hydrogens (tertiary/aromatic N) is 5. The van der Waals surface area contributed by atoms with Crippen LogP contribution in [0.5, 0.6) is 0 Å². The van der Waals surface area contributed by atoms with Gasteiger partial charge in [-0.2, -0.15) is 5.10 Å². The summed E-state index contributed by atoms with van der Waals surface area (Å²) < 4.78 is 1.78. The van der Waals surface area contributed by atoms with Gasteiger partial charge < -0.3 is 10.6 Å². The van der Waals surface area contributed by atoms with E-state index >= 15 is 0 Å². The highest BCUT2D eigenvalue weighted by Crippen LogP contribution is 2.24. The molecule has 2 aromatic heterocycles. The van der Waals surface area contributed by atoms with Crippen molar-refractivity contribution in [1.29, 1.82) is 0 Å². The predicted octanol–water partition coefficient (Wildman–Crippen LogP) is 0.110. The van der Waals surface area contributed by atoms with Gasteiger partial charge in [0.2, 0.25) is 0 Å². The van der Waals surface area contributed by atoms with Gasteiger partial charge in [0.15, 0.2) is 5.65 Å². The van der Waals surface area contributed by atoms with E-state index in [4.69, 9.17) is 5.73 Å². The van der Waals surface area contributed by atoms with Crippen molar-refractivity contribution in [3.05, 3.63) is 18.2 Å². The van der Waals surface area contributed by atoms with E-state index in [1.165, 1.54) is 0 Å². The number of likely N-dealkylation sites (tertiary alicyclic amines) is 1. The van der Waals surface area contributed by atoms with E-state index in [1.807, 2.05) is 13.2 Å². The van der Waals surface area contributed by atoms with Gasteiger partial charge in [-0.25, -0.2) is 9.97 Å². The second-order valence-corrected chi connectivity index (χ2v) is 5.19. The minimum atomic E-state index is 0.208. The molecule has 0 saturated carbocycles. The molecule has 1 aliphatic rings. The highest BCUT2D eigenvalue weighted by atomic mass is 15.3. The molecular formula is C12H18N6. The molecule has 0 radical (unpaired) electrons. The van der Waals surface area contributed by atoms with Crippen molar-refractivity contribution in [2.75, 3.05) is 20.1 Å². The van der Waals surface area contributed by atoms with Gasteiger partial charge >= 0.3 is 0 Å². The van der Waals surface area contributed by atoms with Crippen molar-refractivity contribution in [2.24, 2.45) is 12.8 Å². The van der Waals surface area contributed by atoms with Gasteiger partial charge in [-0.05, 0) is 13.5 Å². The van der Waals surface area contributed by atoms with Crippen LogP contribution >= 0.6 is 0 Å². The van der Waals surface area contributed by atoms with Crippen molar-refractivity contribution in [1.82, 2.24) is 24.6 Å². The zero-order valence-corrected chi connectivity index (χ0v) is 10.7. The lowest BCUT2D eigenvalue weighted by molar-refractivity contribution is 0.222. The fraction of sp³-hybridized carbons (Fsp3) is 0.583. The molecule has 0 amide bonds. The van der Waals surface area contributed by atoms with Crippen molar-refractivity contribution < 1.29 is 0 Å². The number of hydrogen-bond donors (Lipinski definition) is 1. The molecule has 2 unspecified atom stereocenters. The zero-order valence-electron chi connectivity index (χ0n) is 10.7. The number of likely N-dealkylation sites (N-methyl/N-ethyl adjacent to an activating group) is 1. The quantitative estimate of drug-likeness (QED) is 0.773. The van der Waals surface area contributed by atoms with E-state index in [0.717, 1.165) is 36.4 Å². The van der Waals surface area contributed by atoms with Crippen molar-refractivity contribution >= 4 is 11.0 Å². The standard InChI is InChI=1S/C12H18N6/c1-17-6-8(3-10(13)7-17)11-14-4-9-5-15-18(2)12(9)16-11/h4-5,8,10H,3,6-7,13H2,1-2H3. The lowest BCUT2D eigenvalue weighted by Gasteiger charge is -2.32. The van der Waals surface area contributed by atoms with E-state index < -0.39 is 0 Å². The number of fused-ring (bicyclic) bond motifs is 1. The Kier molecular flexibility index (Phi) is 2.76. The lowest BCUT2D eigenvalue weighted by Crippen LogP contribution is -2.44. The zero-order chi connectivity index (χ0) is 12.7. The van der Waals surface area contributed by atoms with E-state index in [9.17, 15) is 0 Å². The summed E-state index contributed by atoms with van der Waals surface area (Å²) in [6.07, 6.45) is 4.59. The van der Waals surface area contributed by atoms with E-state index in [-0.39, 0.29) is 6.04 Å². The van der Waals surface area contributed by atoms with Gasteiger partial charge in [-0.15, -0.1) is 0 Å². The van der Waals surface area contributed by atoms with Gasteiger partial charge in [-0.3, -0.25) is 4.68 Å². The summed E-state index contributed by atoms with van der Waals surface area (Å²) in [5.74, 6) is 1.20. The summed E-state index contributed by atoms with van der Waals surface area (Å²) in [5.41, 5.74) is 6.95. The fourth-order valence-corrected chi connectivity index (χ4v) is 2.70. The lowest BCUT2D eigenvalue weighted by atomic mass is 9.94. The molecule has 2 atom stereocenters. The number of aromatic nitrogens is 4. The number of piperidine rings is 1. The molecule has 3 rings (SSSR count). The minimum absolute atomic E-state index is 0.208. The molecule has 2 N–H and O–H groups in total. The summed E-state index contributed by atoms with van der Waals surface area (Å²) in [6, 6.07) is 0.208. The van der Waals surface area contributed by atoms with Crippen LogP contribution in [0, 0.1) is 0 Å². The molecule has 6 heteroatoms. The van der Waals surface area contributed by atoms with Crippen molar-refractivity contribution in [2.45, 2.75) is 18.4 Å². The van der Waals surface area contributed by atoms with Crippen molar-refractivity contribution in [3.63, 3.8) is 0 Å². The van der Waals surface area contributed by atoms with Gasteiger partial charge in [0.1, 0.15) is 5.82 Å². The van der Waals surface area contributed by atoms with Crippen LogP contribution < -0.4 is 5.73 Å². The van der Waals surface area contributed by atoms with Gasteiger partial charge in [0, 0.05) is 38.3 Å². The van der Waals surface area contributed by atoms with E-state index in [2.05, 4.69) is 27.0 Å². The highest BCUT2D eigenvalue weighted by Gasteiger charge is 2.26. The Morgan fingerprint density at radius 3 is 2.89 bits per heavy atom. The third-order valence-corrected chi connectivity index (χ3v) is 3.52. The van der Waals surface area contributed by atoms with Gasteiger partial charge in [0.25, 0.3) is 0 Å². The summed E-state index contributed by atoms with van der Waals surface area (Å²) in [5, 5.41) is 5.17. The molecule has 1 saturated heterocycles. The molecule has 1 aliphatic heterocycles. The smallest absolute Gasteiger partial charge is 0.161 e. The topological polar surface area (TPSA) is 72.9 Å². The first-order chi connectivity index (χ1) is 8.63. The molecule has 3 heterocycles. The third kappa shape index (κ3) is 1.97. The summed E-state index contributed by atoms with van der Waals surface area (Å²) in [6.45, 7) is 1.92. The maximum absolute atomic E-state index is 6.06. The van der Waals surface area contributed by atoms with Crippen LogP contribution in [-0.4, -0.2) is 50.8 Å². The summed E-state index contributed by atoms with van der Waals surface area (Å²) >= 11 is 0. The second kappa shape index (κ2) is 4.29.